The molecule has 6 rings (SSSR count). The van der Waals surface area contributed by atoms with Crippen molar-refractivity contribution < 1.29 is 43.0 Å². The van der Waals surface area contributed by atoms with Crippen molar-refractivity contribution in [2.75, 3.05) is 20.8 Å². The number of likely N-dealkylation sites (tertiary alicyclic amines) is 1. The Morgan fingerprint density at radius 3 is 2.31 bits per heavy atom. The summed E-state index contributed by atoms with van der Waals surface area (Å²) in [6, 6.07) is 0.0637. The number of carbonyl (C=O) groups is 5. The molecule has 0 aromatic heterocycles. The van der Waals surface area contributed by atoms with Crippen LogP contribution in [0.4, 0.5) is 4.79 Å². The van der Waals surface area contributed by atoms with Gasteiger partial charge in [-0.2, -0.15) is 0 Å². The number of oxime groups is 1. The molecule has 4 amide bonds. The summed E-state index contributed by atoms with van der Waals surface area (Å²) in [4.78, 5) is 75.8. The molecule has 0 unspecified atom stereocenters. The maximum Gasteiger partial charge on any atom is 0.408 e. The average molecular weight is 744 g/mol. The molecule has 2 heterocycles. The number of ketones is 1. The highest BCUT2D eigenvalue weighted by Crippen LogP contribution is 2.43. The molecule has 1 aromatic carbocycles. The molecule has 3 N–H and O–H groups in total. The summed E-state index contributed by atoms with van der Waals surface area (Å²) in [6.07, 6.45) is 6.56. The molecule has 15 heteroatoms. The predicted molar refractivity (Wildman–Crippen MR) is 190 cm³/mol. The number of hydrogen-bond donors (Lipinski definition) is 3. The fourth-order valence-corrected chi connectivity index (χ4v) is 7.55. The van der Waals surface area contributed by atoms with Crippen LogP contribution >= 0.6 is 11.6 Å². The lowest BCUT2D eigenvalue weighted by atomic mass is 9.85. The lowest BCUT2D eigenvalue weighted by Gasteiger charge is -2.35. The summed E-state index contributed by atoms with van der Waals surface area (Å²) < 4.78 is 16.6. The van der Waals surface area contributed by atoms with Gasteiger partial charge in [0.15, 0.2) is 5.60 Å². The van der Waals surface area contributed by atoms with Crippen molar-refractivity contribution in [2.24, 2.45) is 16.5 Å². The molecule has 3 saturated carbocycles. The van der Waals surface area contributed by atoms with E-state index in [9.17, 15) is 24.0 Å². The lowest BCUT2D eigenvalue weighted by molar-refractivity contribution is -0.144. The molecule has 0 radical (unpaired) electrons. The topological polar surface area (TPSA) is 174 Å². The number of Topliss-reactive ketones (excluding diaryl/α,β-unsaturated/α-hetero) is 1. The van der Waals surface area contributed by atoms with E-state index in [1.54, 1.807) is 12.1 Å². The van der Waals surface area contributed by atoms with Gasteiger partial charge in [0.2, 0.25) is 17.6 Å². The predicted octanol–water partition coefficient (Wildman–Crippen LogP) is 4.04. The molecule has 14 nitrogen and oxygen atoms in total. The molecular formula is C37H50ClN5O9. The van der Waals surface area contributed by atoms with E-state index < -0.39 is 58.7 Å². The second-order valence-electron chi connectivity index (χ2n) is 16.0. The third-order valence-corrected chi connectivity index (χ3v) is 10.9. The van der Waals surface area contributed by atoms with E-state index in [0.717, 1.165) is 51.4 Å². The number of hydrogen-bond acceptors (Lipinski definition) is 10. The van der Waals surface area contributed by atoms with E-state index in [-0.39, 0.29) is 37.5 Å². The Hall–Kier alpha value is -4.07. The molecule has 1 spiro atoms. The number of carbonyl (C=O) groups excluding carboxylic acids is 5. The van der Waals surface area contributed by atoms with Crippen molar-refractivity contribution in [2.45, 2.75) is 127 Å². The zero-order valence-electron chi connectivity index (χ0n) is 30.6. The van der Waals surface area contributed by atoms with Gasteiger partial charge in [-0.15, -0.1) is 0 Å². The lowest BCUT2D eigenvalue weighted by Crippen LogP contribution is -2.59. The van der Waals surface area contributed by atoms with Crippen LogP contribution in [0.1, 0.15) is 97.0 Å². The summed E-state index contributed by atoms with van der Waals surface area (Å²) >= 11 is 6.47. The highest BCUT2D eigenvalue weighted by Gasteiger charge is 2.56. The number of rotatable bonds is 13. The molecule has 3 aliphatic carbocycles. The van der Waals surface area contributed by atoms with Crippen LogP contribution in [0.2, 0.25) is 5.02 Å². The smallest absolute Gasteiger partial charge is 0.408 e. The second kappa shape index (κ2) is 15.1. The molecule has 284 valence electrons. The zero-order chi connectivity index (χ0) is 37.4. The fraction of sp³-hybridized carbons (Fsp3) is 0.676. The number of amides is 4. The van der Waals surface area contributed by atoms with Gasteiger partial charge in [-0.05, 0) is 62.3 Å². The number of nitrogens with zero attached hydrogens (tertiary/aromatic N) is 2. The van der Waals surface area contributed by atoms with Crippen LogP contribution in [0.25, 0.3) is 0 Å². The number of alkyl carbamates (subject to hydrolysis) is 1. The first-order valence-corrected chi connectivity index (χ1v) is 18.7. The maximum absolute atomic E-state index is 14.6. The Morgan fingerprint density at radius 2 is 1.69 bits per heavy atom. The second-order valence-corrected chi connectivity index (χ2v) is 16.4. The van der Waals surface area contributed by atoms with E-state index in [1.807, 2.05) is 20.8 Å². The van der Waals surface area contributed by atoms with Crippen LogP contribution < -0.4 is 25.4 Å². The van der Waals surface area contributed by atoms with Gasteiger partial charge in [0.25, 0.3) is 5.91 Å². The Kier molecular flexibility index (Phi) is 11.0. The summed E-state index contributed by atoms with van der Waals surface area (Å²) in [7, 11) is 3.01. The van der Waals surface area contributed by atoms with Crippen LogP contribution in [0, 0.1) is 11.3 Å². The van der Waals surface area contributed by atoms with Crippen molar-refractivity contribution in [1.29, 1.82) is 0 Å². The van der Waals surface area contributed by atoms with E-state index in [2.05, 4.69) is 21.1 Å². The summed E-state index contributed by atoms with van der Waals surface area (Å²) in [5.74, 6) is -1.43. The first-order chi connectivity index (χ1) is 24.7. The number of benzene rings is 1. The van der Waals surface area contributed by atoms with Crippen molar-refractivity contribution in [3.8, 4) is 11.5 Å². The number of halogens is 1. The van der Waals surface area contributed by atoms with E-state index in [1.165, 1.54) is 19.1 Å². The molecular weight excluding hydrogens is 694 g/mol. The molecule has 2 aliphatic heterocycles. The first-order valence-electron chi connectivity index (χ1n) is 18.3. The first kappa shape index (κ1) is 37.7. The average Bonchev–Trinajstić information content (AvgIpc) is 3.96. The van der Waals surface area contributed by atoms with Crippen LogP contribution in [-0.2, 0) is 28.8 Å². The van der Waals surface area contributed by atoms with Crippen molar-refractivity contribution in [3.05, 3.63) is 22.7 Å². The maximum atomic E-state index is 14.6. The third-order valence-electron chi connectivity index (χ3n) is 10.6. The van der Waals surface area contributed by atoms with E-state index in [4.69, 9.17) is 30.6 Å². The Labute approximate surface area is 309 Å². The minimum Gasteiger partial charge on any atom is -0.496 e. The van der Waals surface area contributed by atoms with Crippen LogP contribution in [0.3, 0.4) is 0 Å². The molecule has 4 atom stereocenters. The Balaban J connectivity index is 1.27. The van der Waals surface area contributed by atoms with Gasteiger partial charge >= 0.3 is 6.09 Å². The largest absolute Gasteiger partial charge is 0.496 e. The number of ether oxygens (including phenoxy) is 3. The van der Waals surface area contributed by atoms with Gasteiger partial charge in [0, 0.05) is 30.5 Å². The van der Waals surface area contributed by atoms with Gasteiger partial charge in [0.05, 0.1) is 37.5 Å². The highest BCUT2D eigenvalue weighted by atomic mass is 35.5. The number of nitrogens with one attached hydrogen (secondary N) is 3. The standard InChI is InChI=1S/C37H50ClN5O9/c1-36(2,3)31(41-35(48)51-22-8-6-7-9-22)34(47)43-19-37(17-26(42-52-37)23-15-24(38)29(50-5)16-28(23)49-4)18-27(43)32(45)40-25(14-20-10-11-20)30(44)33(46)39-21-12-13-21/h15-16,20-22,25,27,31H,6-14,17-19H2,1-5H3,(H,39,46)(H,40,45)(H,41,48)/t25-,27-,31+,37+/m0/s1. The van der Waals surface area contributed by atoms with Crippen LogP contribution in [0.5, 0.6) is 11.5 Å². The zero-order valence-corrected chi connectivity index (χ0v) is 31.3. The normalized spacial score (nSPS) is 24.1. The number of methoxy groups -OCH3 is 2. The van der Waals surface area contributed by atoms with Gasteiger partial charge in [-0.1, -0.05) is 50.4 Å². The molecule has 52 heavy (non-hydrogen) atoms. The monoisotopic (exact) mass is 743 g/mol. The van der Waals surface area contributed by atoms with Crippen molar-refractivity contribution >= 4 is 46.9 Å². The van der Waals surface area contributed by atoms with Gasteiger partial charge in [0.1, 0.15) is 29.7 Å². The Morgan fingerprint density at radius 1 is 1.00 bits per heavy atom. The summed E-state index contributed by atoms with van der Waals surface area (Å²) in [5, 5.41) is 13.1. The van der Waals surface area contributed by atoms with Crippen molar-refractivity contribution in [1.82, 2.24) is 20.9 Å². The third kappa shape index (κ3) is 8.58. The molecule has 4 fully saturated rings. The SMILES string of the molecule is COc1cc(OC)c(C2=NO[C@]3(C2)C[C@@H](C(=O)N[C@@H](CC2CC2)C(=O)C(=O)NC2CC2)N(C(=O)[C@@H](NC(=O)OC2CCCC2)C(C)(C)C)C3)cc1Cl. The van der Waals surface area contributed by atoms with E-state index in [0.29, 0.717) is 34.2 Å². The molecule has 1 aromatic rings. The van der Waals surface area contributed by atoms with Crippen molar-refractivity contribution in [3.63, 3.8) is 0 Å². The highest BCUT2D eigenvalue weighted by molar-refractivity contribution is 6.38. The van der Waals surface area contributed by atoms with Gasteiger partial charge in [-0.25, -0.2) is 4.79 Å². The molecule has 0 bridgehead atoms. The van der Waals surface area contributed by atoms with Crippen LogP contribution in [-0.4, -0.2) is 96.8 Å². The van der Waals surface area contributed by atoms with Gasteiger partial charge in [-0.3, -0.25) is 19.2 Å². The van der Waals surface area contributed by atoms with Gasteiger partial charge < -0.3 is 39.9 Å². The minimum atomic E-state index is -1.13. The molecule has 5 aliphatic rings. The minimum absolute atomic E-state index is 0.0216. The van der Waals surface area contributed by atoms with Crippen LogP contribution in [0.15, 0.2) is 17.3 Å². The summed E-state index contributed by atoms with van der Waals surface area (Å²) in [6.45, 7) is 5.42. The quantitative estimate of drug-likeness (QED) is 0.252. The fourth-order valence-electron chi connectivity index (χ4n) is 7.31. The Bertz CT molecular complexity index is 1610. The van der Waals surface area contributed by atoms with E-state index >= 15 is 0 Å². The summed E-state index contributed by atoms with van der Waals surface area (Å²) in [5.41, 5.74) is -0.841. The molecule has 1 saturated heterocycles.